The zero-order chi connectivity index (χ0) is 41.0. The second kappa shape index (κ2) is 14.8. The second-order valence-corrected chi connectivity index (χ2v) is 17.2. The van der Waals surface area contributed by atoms with Crippen LogP contribution in [0.1, 0.15) is 22.3 Å². The molecule has 0 atom stereocenters. The molecule has 1 spiro atoms. The van der Waals surface area contributed by atoms with Crippen molar-refractivity contribution in [1.82, 2.24) is 9.97 Å². The highest BCUT2D eigenvalue weighted by Crippen LogP contribution is 2.62. The predicted octanol–water partition coefficient (Wildman–Crippen LogP) is 15.3. The Bertz CT molecular complexity index is 3140. The number of benzene rings is 9. The van der Waals surface area contributed by atoms with E-state index < -0.39 is 0 Å². The summed E-state index contributed by atoms with van der Waals surface area (Å²) < 4.78 is 0. The largest absolute Gasteiger partial charge is 0.228 e. The Morgan fingerprint density at radius 3 is 1.21 bits per heavy atom. The van der Waals surface area contributed by atoms with Crippen LogP contribution in [0, 0.1) is 0 Å². The average Bonchev–Trinajstić information content (AvgIpc) is 3.65. The highest BCUT2D eigenvalue weighted by molar-refractivity contribution is 7.99. The number of hydrogen-bond acceptors (Lipinski definition) is 3. The summed E-state index contributed by atoms with van der Waals surface area (Å²) in [6.07, 6.45) is 0. The molecule has 0 saturated heterocycles. The van der Waals surface area contributed by atoms with Gasteiger partial charge in [-0.05, 0) is 85.0 Å². The molecule has 1 aliphatic heterocycles. The van der Waals surface area contributed by atoms with Crippen molar-refractivity contribution >= 4 is 11.8 Å². The third-order valence-electron chi connectivity index (χ3n) is 12.6. The van der Waals surface area contributed by atoms with Gasteiger partial charge in [-0.15, -0.1) is 0 Å². The van der Waals surface area contributed by atoms with Gasteiger partial charge in [-0.3, -0.25) is 0 Å². The van der Waals surface area contributed by atoms with E-state index in [-0.39, 0.29) is 5.41 Å². The van der Waals surface area contributed by atoms with Crippen molar-refractivity contribution in [2.75, 3.05) is 0 Å². The zero-order valence-electron chi connectivity index (χ0n) is 33.7. The van der Waals surface area contributed by atoms with Crippen LogP contribution in [-0.4, -0.2) is 9.97 Å². The molecular weight excluding hydrogens is 769 g/mol. The molecule has 2 nitrogen and oxygen atoms in total. The predicted molar refractivity (Wildman–Crippen MR) is 256 cm³/mol. The van der Waals surface area contributed by atoms with E-state index in [0.717, 1.165) is 33.6 Å². The van der Waals surface area contributed by atoms with Gasteiger partial charge in [0.15, 0.2) is 5.82 Å². The monoisotopic (exact) mass is 806 g/mol. The van der Waals surface area contributed by atoms with Crippen molar-refractivity contribution in [3.8, 4) is 78.4 Å². The lowest BCUT2D eigenvalue weighted by Crippen LogP contribution is -2.31. The summed E-state index contributed by atoms with van der Waals surface area (Å²) in [7, 11) is 0. The summed E-state index contributed by atoms with van der Waals surface area (Å²) in [4.78, 5) is 13.0. The van der Waals surface area contributed by atoms with Gasteiger partial charge in [-0.2, -0.15) is 0 Å². The lowest BCUT2D eigenvalue weighted by Gasteiger charge is -2.39. The molecule has 2 heterocycles. The van der Waals surface area contributed by atoms with E-state index in [0.29, 0.717) is 5.82 Å². The molecule has 9 aromatic carbocycles. The third-order valence-corrected chi connectivity index (χ3v) is 13.8. The molecule has 3 heteroatoms. The van der Waals surface area contributed by atoms with Crippen molar-refractivity contribution < 1.29 is 0 Å². The van der Waals surface area contributed by atoms with E-state index in [1.165, 1.54) is 71.0 Å². The summed E-state index contributed by atoms with van der Waals surface area (Å²) >= 11 is 1.88. The van der Waals surface area contributed by atoms with Crippen LogP contribution in [0.5, 0.6) is 0 Å². The average molecular weight is 807 g/mol. The maximum atomic E-state index is 5.21. The third kappa shape index (κ3) is 5.96. The van der Waals surface area contributed by atoms with Crippen molar-refractivity contribution in [2.24, 2.45) is 0 Å². The number of rotatable bonds is 6. The number of hydrogen-bond donors (Lipinski definition) is 0. The van der Waals surface area contributed by atoms with E-state index >= 15 is 0 Å². The Morgan fingerprint density at radius 1 is 0.274 bits per heavy atom. The van der Waals surface area contributed by atoms with Gasteiger partial charge in [0.05, 0.1) is 16.8 Å². The van der Waals surface area contributed by atoms with E-state index in [1.54, 1.807) is 0 Å². The molecular formula is C59H38N2S. The maximum Gasteiger partial charge on any atom is 0.160 e. The summed E-state index contributed by atoms with van der Waals surface area (Å²) in [5, 5.41) is 0. The van der Waals surface area contributed by atoms with Crippen LogP contribution < -0.4 is 0 Å². The Kier molecular flexibility index (Phi) is 8.69. The fourth-order valence-electron chi connectivity index (χ4n) is 9.65. The lowest BCUT2D eigenvalue weighted by molar-refractivity contribution is 0.722. The number of aromatic nitrogens is 2. The van der Waals surface area contributed by atoms with Gasteiger partial charge in [0.25, 0.3) is 0 Å². The molecule has 0 radical (unpaired) electrons. The lowest BCUT2D eigenvalue weighted by atomic mass is 9.67. The molecule has 290 valence electrons. The summed E-state index contributed by atoms with van der Waals surface area (Å²) in [6, 6.07) is 83.3. The molecule has 0 unspecified atom stereocenters. The van der Waals surface area contributed by atoms with Gasteiger partial charge in [0.1, 0.15) is 0 Å². The molecule has 1 aliphatic carbocycles. The van der Waals surface area contributed by atoms with Crippen LogP contribution >= 0.6 is 11.8 Å². The number of fused-ring (bicyclic) bond motifs is 9. The smallest absolute Gasteiger partial charge is 0.160 e. The SMILES string of the molecule is c1ccc(-c2ccc(-c3cc(-c4ccc(-c5ccc6c(c5)Sc5ccccc5C65c6ccccc6-c6ccccc65)cc4)nc(-c4ccc(-c5ccccc5)cc4)n3)cc2)cc1. The highest BCUT2D eigenvalue weighted by Gasteiger charge is 2.50. The van der Waals surface area contributed by atoms with Gasteiger partial charge in [0, 0.05) is 26.5 Å². The molecule has 0 bridgehead atoms. The fourth-order valence-corrected chi connectivity index (χ4v) is 10.9. The molecule has 10 aromatic rings. The molecule has 2 aliphatic rings. The summed E-state index contributed by atoms with van der Waals surface area (Å²) in [6.45, 7) is 0. The normalized spacial score (nSPS) is 12.9. The van der Waals surface area contributed by atoms with Crippen molar-refractivity contribution in [1.29, 1.82) is 0 Å². The molecule has 1 aromatic heterocycles. The minimum absolute atomic E-state index is 0.376. The standard InChI is InChI=1S/C59H38N2S/c1-3-13-39(14-4-1)41-23-29-44(30-24-41)54-38-55(61-58(60-54)46-33-27-42(28-34-46)40-15-5-2-6-16-40)45-31-25-43(26-32-45)47-35-36-53-57(37-47)62-56-22-12-11-21-52(56)59(53)50-19-9-7-17-48(50)49-18-8-10-20-51(49)59/h1-38H. The van der Waals surface area contributed by atoms with Crippen LogP contribution in [0.25, 0.3) is 78.4 Å². The van der Waals surface area contributed by atoms with Crippen molar-refractivity contribution in [3.63, 3.8) is 0 Å². The van der Waals surface area contributed by atoms with E-state index in [2.05, 4.69) is 224 Å². The minimum atomic E-state index is -0.376. The maximum absolute atomic E-state index is 5.21. The first kappa shape index (κ1) is 36.3. The fraction of sp³-hybridized carbons (Fsp3) is 0.0169. The van der Waals surface area contributed by atoms with Gasteiger partial charge in [-0.1, -0.05) is 224 Å². The van der Waals surface area contributed by atoms with Gasteiger partial charge >= 0.3 is 0 Å². The van der Waals surface area contributed by atoms with Gasteiger partial charge in [0.2, 0.25) is 0 Å². The van der Waals surface area contributed by atoms with Crippen LogP contribution in [0.2, 0.25) is 0 Å². The second-order valence-electron chi connectivity index (χ2n) is 16.1. The van der Waals surface area contributed by atoms with Crippen molar-refractivity contribution in [2.45, 2.75) is 15.2 Å². The molecule has 62 heavy (non-hydrogen) atoms. The van der Waals surface area contributed by atoms with E-state index in [9.17, 15) is 0 Å². The van der Waals surface area contributed by atoms with E-state index in [1.807, 2.05) is 17.8 Å². The van der Waals surface area contributed by atoms with Crippen LogP contribution in [0.4, 0.5) is 0 Å². The number of nitrogens with zero attached hydrogens (tertiary/aromatic N) is 2. The Balaban J connectivity index is 0.928. The quantitative estimate of drug-likeness (QED) is 0.167. The van der Waals surface area contributed by atoms with Crippen LogP contribution in [0.3, 0.4) is 0 Å². The highest BCUT2D eigenvalue weighted by atomic mass is 32.2. The molecule has 0 saturated carbocycles. The van der Waals surface area contributed by atoms with E-state index in [4.69, 9.17) is 9.97 Å². The first-order chi connectivity index (χ1) is 30.7. The molecule has 0 N–H and O–H groups in total. The molecule has 0 amide bonds. The van der Waals surface area contributed by atoms with Crippen LogP contribution in [0.15, 0.2) is 240 Å². The Morgan fingerprint density at radius 2 is 0.661 bits per heavy atom. The first-order valence-corrected chi connectivity index (χ1v) is 22.0. The van der Waals surface area contributed by atoms with Gasteiger partial charge < -0.3 is 0 Å². The zero-order valence-corrected chi connectivity index (χ0v) is 34.6. The first-order valence-electron chi connectivity index (χ1n) is 21.1. The Hall–Kier alpha value is -7.59. The molecule has 12 rings (SSSR count). The van der Waals surface area contributed by atoms with Crippen molar-refractivity contribution in [3.05, 3.63) is 253 Å². The van der Waals surface area contributed by atoms with Gasteiger partial charge in [-0.25, -0.2) is 9.97 Å². The summed E-state index contributed by atoms with van der Waals surface area (Å²) in [5.41, 5.74) is 19.6. The molecule has 0 fully saturated rings. The minimum Gasteiger partial charge on any atom is -0.228 e. The Labute approximate surface area is 366 Å². The summed E-state index contributed by atoms with van der Waals surface area (Å²) in [5.74, 6) is 0.698. The van der Waals surface area contributed by atoms with Crippen LogP contribution in [-0.2, 0) is 5.41 Å². The topological polar surface area (TPSA) is 25.8 Å².